The summed E-state index contributed by atoms with van der Waals surface area (Å²) in [4.78, 5) is 13.3. The zero-order valence-electron chi connectivity index (χ0n) is 9.34. The third-order valence-electron chi connectivity index (χ3n) is 3.22. The Morgan fingerprint density at radius 3 is 2.67 bits per heavy atom. The number of carbonyl (C=O) groups excluding carboxylic acids is 1. The summed E-state index contributed by atoms with van der Waals surface area (Å²) in [6.07, 6.45) is 0.680. The number of benzene rings is 1. The van der Waals surface area contributed by atoms with Gasteiger partial charge in [-0.15, -0.1) is 0 Å². The molecule has 0 N–H and O–H groups in total. The standard InChI is InChI=1S/C12H12Cl2FNO.CH4/c1-12(11(14)17)4-5-16(7-12)8-2-3-9(13)10(15)6-8;/h2-3,6H,4-5,7H2,1H3;1H4/t12-;/m0./s1. The minimum absolute atomic E-state index is 0. The molecule has 0 spiro atoms. The fraction of sp³-hybridized carbons (Fsp3) is 0.462. The Hall–Kier alpha value is -0.800. The quantitative estimate of drug-likeness (QED) is 0.765. The number of hydrogen-bond acceptors (Lipinski definition) is 2. The van der Waals surface area contributed by atoms with Gasteiger partial charge >= 0.3 is 0 Å². The van der Waals surface area contributed by atoms with Crippen molar-refractivity contribution >= 4 is 34.1 Å². The number of rotatable bonds is 2. The van der Waals surface area contributed by atoms with Crippen LogP contribution in [0.3, 0.4) is 0 Å². The molecule has 0 aliphatic carbocycles. The van der Waals surface area contributed by atoms with Gasteiger partial charge in [0.15, 0.2) is 0 Å². The van der Waals surface area contributed by atoms with Crippen molar-refractivity contribution in [1.29, 1.82) is 0 Å². The van der Waals surface area contributed by atoms with Gasteiger partial charge in [0, 0.05) is 18.8 Å². The van der Waals surface area contributed by atoms with E-state index in [0.717, 1.165) is 5.69 Å². The van der Waals surface area contributed by atoms with Gasteiger partial charge in [-0.05, 0) is 43.1 Å². The zero-order valence-corrected chi connectivity index (χ0v) is 10.9. The van der Waals surface area contributed by atoms with Crippen LogP contribution in [0.4, 0.5) is 10.1 Å². The summed E-state index contributed by atoms with van der Waals surface area (Å²) in [5.41, 5.74) is 0.186. The van der Waals surface area contributed by atoms with Gasteiger partial charge in [-0.25, -0.2) is 4.39 Å². The van der Waals surface area contributed by atoms with Gasteiger partial charge in [-0.3, -0.25) is 4.79 Å². The Bertz CT molecular complexity index is 466. The maximum atomic E-state index is 13.3. The van der Waals surface area contributed by atoms with Crippen LogP contribution in [0.15, 0.2) is 18.2 Å². The van der Waals surface area contributed by atoms with Gasteiger partial charge in [-0.2, -0.15) is 0 Å². The van der Waals surface area contributed by atoms with E-state index in [1.165, 1.54) is 12.1 Å². The molecular formula is C13H16Cl2FNO. The largest absolute Gasteiger partial charge is 0.370 e. The first-order valence-corrected chi connectivity index (χ1v) is 6.08. The molecule has 1 heterocycles. The second-order valence-electron chi connectivity index (χ2n) is 4.60. The first-order valence-electron chi connectivity index (χ1n) is 5.32. The number of halogens is 3. The number of nitrogens with zero attached hydrogens (tertiary/aromatic N) is 1. The molecule has 1 aromatic rings. The van der Waals surface area contributed by atoms with E-state index in [1.54, 1.807) is 6.07 Å². The molecule has 1 aliphatic rings. The van der Waals surface area contributed by atoms with Crippen LogP contribution in [-0.4, -0.2) is 18.3 Å². The molecular weight excluding hydrogens is 276 g/mol. The van der Waals surface area contributed by atoms with Crippen molar-refractivity contribution in [2.75, 3.05) is 18.0 Å². The van der Waals surface area contributed by atoms with E-state index in [1.807, 2.05) is 11.8 Å². The number of anilines is 1. The molecule has 1 aromatic carbocycles. The number of hydrogen-bond donors (Lipinski definition) is 0. The highest BCUT2D eigenvalue weighted by atomic mass is 35.5. The summed E-state index contributed by atoms with van der Waals surface area (Å²) in [6.45, 7) is 3.03. The molecule has 1 aliphatic heterocycles. The third-order valence-corrected chi connectivity index (χ3v) is 3.98. The second-order valence-corrected chi connectivity index (χ2v) is 5.35. The van der Waals surface area contributed by atoms with Crippen LogP contribution in [0, 0.1) is 11.2 Å². The molecule has 0 bridgehead atoms. The molecule has 18 heavy (non-hydrogen) atoms. The monoisotopic (exact) mass is 291 g/mol. The van der Waals surface area contributed by atoms with Crippen LogP contribution >= 0.6 is 23.2 Å². The highest BCUT2D eigenvalue weighted by molar-refractivity contribution is 6.64. The molecule has 2 nitrogen and oxygen atoms in total. The van der Waals surface area contributed by atoms with Crippen molar-refractivity contribution in [3.05, 3.63) is 29.0 Å². The van der Waals surface area contributed by atoms with E-state index in [0.29, 0.717) is 19.5 Å². The molecule has 1 saturated heterocycles. The van der Waals surface area contributed by atoms with Crippen LogP contribution in [-0.2, 0) is 4.79 Å². The van der Waals surface area contributed by atoms with Gasteiger partial charge in [0.05, 0.1) is 10.4 Å². The summed E-state index contributed by atoms with van der Waals surface area (Å²) in [5.74, 6) is -0.449. The highest BCUT2D eigenvalue weighted by Gasteiger charge is 2.39. The minimum Gasteiger partial charge on any atom is -0.370 e. The van der Waals surface area contributed by atoms with Gasteiger partial charge in [0.1, 0.15) is 5.82 Å². The molecule has 0 unspecified atom stereocenters. The van der Waals surface area contributed by atoms with E-state index in [9.17, 15) is 9.18 Å². The normalized spacial score (nSPS) is 22.8. The molecule has 0 aromatic heterocycles. The van der Waals surface area contributed by atoms with Crippen molar-refractivity contribution < 1.29 is 9.18 Å². The van der Waals surface area contributed by atoms with Crippen molar-refractivity contribution in [2.45, 2.75) is 20.8 Å². The Morgan fingerprint density at radius 1 is 1.50 bits per heavy atom. The predicted molar refractivity (Wildman–Crippen MR) is 73.9 cm³/mol. The fourth-order valence-corrected chi connectivity index (χ4v) is 2.30. The van der Waals surface area contributed by atoms with Crippen molar-refractivity contribution in [2.24, 2.45) is 5.41 Å². The zero-order chi connectivity index (χ0) is 12.6. The average Bonchev–Trinajstić information content (AvgIpc) is 2.67. The number of carbonyl (C=O) groups is 1. The van der Waals surface area contributed by atoms with Gasteiger partial charge < -0.3 is 4.90 Å². The molecule has 5 heteroatoms. The van der Waals surface area contributed by atoms with Crippen molar-refractivity contribution in [3.63, 3.8) is 0 Å². The molecule has 1 atom stereocenters. The Labute approximate surface area is 117 Å². The van der Waals surface area contributed by atoms with Gasteiger partial charge in [0.2, 0.25) is 5.24 Å². The lowest BCUT2D eigenvalue weighted by atomic mass is 9.92. The summed E-state index contributed by atoms with van der Waals surface area (Å²) in [7, 11) is 0. The summed E-state index contributed by atoms with van der Waals surface area (Å²) in [6, 6.07) is 4.65. The SMILES string of the molecule is C.C[C@]1(C(=O)Cl)CCN(c2ccc(Cl)c(F)c2)C1. The molecule has 0 amide bonds. The van der Waals surface area contributed by atoms with E-state index in [4.69, 9.17) is 23.2 Å². The van der Waals surface area contributed by atoms with Crippen molar-refractivity contribution in [3.8, 4) is 0 Å². The lowest BCUT2D eigenvalue weighted by molar-refractivity contribution is -0.118. The highest BCUT2D eigenvalue weighted by Crippen LogP contribution is 2.35. The van der Waals surface area contributed by atoms with Crippen LogP contribution in [0.1, 0.15) is 20.8 Å². The minimum atomic E-state index is -0.544. The average molecular weight is 292 g/mol. The van der Waals surface area contributed by atoms with Crippen LogP contribution in [0.25, 0.3) is 0 Å². The maximum Gasteiger partial charge on any atom is 0.229 e. The molecule has 100 valence electrons. The van der Waals surface area contributed by atoms with E-state index in [-0.39, 0.29) is 17.7 Å². The maximum absolute atomic E-state index is 13.3. The Morgan fingerprint density at radius 2 is 2.17 bits per heavy atom. The summed E-state index contributed by atoms with van der Waals surface area (Å²) >= 11 is 11.2. The van der Waals surface area contributed by atoms with Crippen LogP contribution < -0.4 is 4.90 Å². The first kappa shape index (κ1) is 15.3. The lowest BCUT2D eigenvalue weighted by Crippen LogP contribution is -2.29. The molecule has 2 rings (SSSR count). The second kappa shape index (κ2) is 5.45. The van der Waals surface area contributed by atoms with Gasteiger partial charge in [0.25, 0.3) is 0 Å². The lowest BCUT2D eigenvalue weighted by Gasteiger charge is -2.22. The summed E-state index contributed by atoms with van der Waals surface area (Å²) < 4.78 is 13.3. The predicted octanol–water partition coefficient (Wildman–Crippen LogP) is 4.10. The Balaban J connectivity index is 0.00000162. The van der Waals surface area contributed by atoms with Crippen LogP contribution in [0.2, 0.25) is 5.02 Å². The molecule has 0 radical (unpaired) electrons. The smallest absolute Gasteiger partial charge is 0.229 e. The van der Waals surface area contributed by atoms with E-state index >= 15 is 0 Å². The fourth-order valence-electron chi connectivity index (χ4n) is 2.02. The van der Waals surface area contributed by atoms with Crippen molar-refractivity contribution in [1.82, 2.24) is 0 Å². The summed E-state index contributed by atoms with van der Waals surface area (Å²) in [5, 5.41) is -0.237. The van der Waals surface area contributed by atoms with Gasteiger partial charge in [-0.1, -0.05) is 19.0 Å². The molecule has 0 saturated carbocycles. The van der Waals surface area contributed by atoms with E-state index in [2.05, 4.69) is 0 Å². The van der Waals surface area contributed by atoms with Crippen LogP contribution in [0.5, 0.6) is 0 Å². The van der Waals surface area contributed by atoms with E-state index < -0.39 is 11.2 Å². The third kappa shape index (κ3) is 2.78. The molecule has 1 fully saturated rings. The Kier molecular flexibility index (Phi) is 4.62. The topological polar surface area (TPSA) is 20.3 Å². The first-order chi connectivity index (χ1) is 7.92.